The Hall–Kier alpha value is -2.36. The van der Waals surface area contributed by atoms with Gasteiger partial charge in [-0.1, -0.05) is 19.1 Å². The number of carbonyl (C=O) groups excluding carboxylic acids is 2. The second-order valence-electron chi connectivity index (χ2n) is 5.90. The molecule has 2 aromatic rings. The predicted octanol–water partition coefficient (Wildman–Crippen LogP) is 3.40. The molecule has 0 unspecified atom stereocenters. The predicted molar refractivity (Wildman–Crippen MR) is 88.0 cm³/mol. The summed E-state index contributed by atoms with van der Waals surface area (Å²) in [5.74, 6) is -0.0597. The standard InChI is InChI=1S/C19H21NO3/c1-3-15-11-16-17(5-4-6-18(16)21)20(15)12-13-7-9-14(10-8-13)19(22)23-2/h7-11H,3-6,12H2,1-2H3. The third-order valence-corrected chi connectivity index (χ3v) is 4.49. The maximum Gasteiger partial charge on any atom is 0.337 e. The number of methoxy groups -OCH3 is 1. The van der Waals surface area contributed by atoms with Crippen LogP contribution in [0.4, 0.5) is 0 Å². The maximum atomic E-state index is 12.1. The van der Waals surface area contributed by atoms with Crippen molar-refractivity contribution in [1.82, 2.24) is 4.57 Å². The van der Waals surface area contributed by atoms with Crippen molar-refractivity contribution in [3.05, 3.63) is 58.4 Å². The molecule has 23 heavy (non-hydrogen) atoms. The number of ketones is 1. The van der Waals surface area contributed by atoms with Gasteiger partial charge in [0.25, 0.3) is 0 Å². The first-order chi connectivity index (χ1) is 11.1. The highest BCUT2D eigenvalue weighted by atomic mass is 16.5. The Bertz CT molecular complexity index is 741. The molecule has 120 valence electrons. The molecule has 0 saturated carbocycles. The van der Waals surface area contributed by atoms with E-state index in [0.717, 1.165) is 42.6 Å². The van der Waals surface area contributed by atoms with E-state index in [1.165, 1.54) is 12.8 Å². The summed E-state index contributed by atoms with van der Waals surface area (Å²) < 4.78 is 6.99. The number of hydrogen-bond acceptors (Lipinski definition) is 3. The lowest BCUT2D eigenvalue weighted by atomic mass is 9.96. The zero-order valence-corrected chi connectivity index (χ0v) is 13.6. The van der Waals surface area contributed by atoms with Crippen LogP contribution in [0.2, 0.25) is 0 Å². The third-order valence-electron chi connectivity index (χ3n) is 4.49. The SMILES string of the molecule is CCc1cc2c(n1Cc1ccc(C(=O)OC)cc1)CCCC2=O. The Morgan fingerprint density at radius 1 is 1.22 bits per heavy atom. The first kappa shape index (κ1) is 15.5. The Morgan fingerprint density at radius 3 is 2.61 bits per heavy atom. The van der Waals surface area contributed by atoms with Gasteiger partial charge in [0.15, 0.2) is 5.78 Å². The van der Waals surface area contributed by atoms with Crippen LogP contribution in [0.5, 0.6) is 0 Å². The van der Waals surface area contributed by atoms with Crippen molar-refractivity contribution >= 4 is 11.8 Å². The molecule has 0 saturated heterocycles. The van der Waals surface area contributed by atoms with Gasteiger partial charge in [0.2, 0.25) is 0 Å². The Balaban J connectivity index is 1.91. The number of aryl methyl sites for hydroxylation is 1. The van der Waals surface area contributed by atoms with E-state index in [9.17, 15) is 9.59 Å². The molecule has 4 heteroatoms. The Labute approximate surface area is 136 Å². The third kappa shape index (κ3) is 2.93. The van der Waals surface area contributed by atoms with Crippen LogP contribution in [-0.4, -0.2) is 23.4 Å². The van der Waals surface area contributed by atoms with E-state index in [0.29, 0.717) is 12.0 Å². The second kappa shape index (κ2) is 6.41. The smallest absolute Gasteiger partial charge is 0.337 e. The van der Waals surface area contributed by atoms with Gasteiger partial charge in [-0.25, -0.2) is 4.79 Å². The number of Topliss-reactive ketones (excluding diaryl/α,β-unsaturated/α-hetero) is 1. The molecular formula is C19H21NO3. The van der Waals surface area contributed by atoms with Crippen molar-refractivity contribution < 1.29 is 14.3 Å². The fourth-order valence-electron chi connectivity index (χ4n) is 3.25. The van der Waals surface area contributed by atoms with E-state index in [2.05, 4.69) is 17.6 Å². The fourth-order valence-corrected chi connectivity index (χ4v) is 3.25. The fraction of sp³-hybridized carbons (Fsp3) is 0.368. The minimum atomic E-state index is -0.324. The highest BCUT2D eigenvalue weighted by Gasteiger charge is 2.23. The van der Waals surface area contributed by atoms with Crippen molar-refractivity contribution in [2.24, 2.45) is 0 Å². The van der Waals surface area contributed by atoms with Gasteiger partial charge in [-0.3, -0.25) is 4.79 Å². The zero-order chi connectivity index (χ0) is 16.4. The van der Waals surface area contributed by atoms with Gasteiger partial charge >= 0.3 is 5.97 Å². The molecular weight excluding hydrogens is 290 g/mol. The van der Waals surface area contributed by atoms with Crippen LogP contribution >= 0.6 is 0 Å². The van der Waals surface area contributed by atoms with E-state index in [4.69, 9.17) is 4.74 Å². The van der Waals surface area contributed by atoms with E-state index >= 15 is 0 Å². The van der Waals surface area contributed by atoms with Crippen molar-refractivity contribution in [1.29, 1.82) is 0 Å². The highest BCUT2D eigenvalue weighted by molar-refractivity contribution is 5.98. The summed E-state index contributed by atoms with van der Waals surface area (Å²) in [5, 5.41) is 0. The number of aromatic nitrogens is 1. The average Bonchev–Trinajstić information content (AvgIpc) is 2.94. The van der Waals surface area contributed by atoms with Crippen molar-refractivity contribution in [2.45, 2.75) is 39.2 Å². The molecule has 3 rings (SSSR count). The molecule has 0 aliphatic heterocycles. The number of hydrogen-bond donors (Lipinski definition) is 0. The van der Waals surface area contributed by atoms with Gasteiger partial charge in [0.05, 0.1) is 12.7 Å². The minimum absolute atomic E-state index is 0.265. The number of rotatable bonds is 4. The minimum Gasteiger partial charge on any atom is -0.465 e. The molecule has 0 radical (unpaired) electrons. The lowest BCUT2D eigenvalue weighted by molar-refractivity contribution is 0.0600. The topological polar surface area (TPSA) is 48.3 Å². The first-order valence-corrected chi connectivity index (χ1v) is 8.05. The Kier molecular flexibility index (Phi) is 4.33. The summed E-state index contributed by atoms with van der Waals surface area (Å²) in [6, 6.07) is 9.52. The van der Waals surface area contributed by atoms with Crippen LogP contribution in [0.1, 0.15) is 57.4 Å². The van der Waals surface area contributed by atoms with Crippen molar-refractivity contribution in [3.63, 3.8) is 0 Å². The quantitative estimate of drug-likeness (QED) is 0.813. The molecule has 0 N–H and O–H groups in total. The second-order valence-corrected chi connectivity index (χ2v) is 5.90. The van der Waals surface area contributed by atoms with E-state index in [1.807, 2.05) is 12.1 Å². The highest BCUT2D eigenvalue weighted by Crippen LogP contribution is 2.26. The number of fused-ring (bicyclic) bond motifs is 1. The largest absolute Gasteiger partial charge is 0.465 e. The summed E-state index contributed by atoms with van der Waals surface area (Å²) in [7, 11) is 1.38. The lowest BCUT2D eigenvalue weighted by Crippen LogP contribution is -2.14. The summed E-state index contributed by atoms with van der Waals surface area (Å²) in [4.78, 5) is 23.6. The summed E-state index contributed by atoms with van der Waals surface area (Å²) in [6.45, 7) is 2.84. The monoisotopic (exact) mass is 311 g/mol. The van der Waals surface area contributed by atoms with Crippen molar-refractivity contribution in [3.8, 4) is 0 Å². The van der Waals surface area contributed by atoms with Crippen LogP contribution in [0.15, 0.2) is 30.3 Å². The molecule has 4 nitrogen and oxygen atoms in total. The molecule has 1 aromatic carbocycles. The van der Waals surface area contributed by atoms with E-state index in [1.54, 1.807) is 12.1 Å². The molecule has 1 aliphatic carbocycles. The molecule has 1 aliphatic rings. The first-order valence-electron chi connectivity index (χ1n) is 8.05. The summed E-state index contributed by atoms with van der Waals surface area (Å²) >= 11 is 0. The van der Waals surface area contributed by atoms with Gasteiger partial charge in [0.1, 0.15) is 0 Å². The van der Waals surface area contributed by atoms with E-state index in [-0.39, 0.29) is 11.8 Å². The number of ether oxygens (including phenoxy) is 1. The van der Waals surface area contributed by atoms with Crippen LogP contribution in [0, 0.1) is 0 Å². The number of benzene rings is 1. The lowest BCUT2D eigenvalue weighted by Gasteiger charge is -2.16. The van der Waals surface area contributed by atoms with Crippen LogP contribution in [0.25, 0.3) is 0 Å². The van der Waals surface area contributed by atoms with Gasteiger partial charge < -0.3 is 9.30 Å². The number of nitrogens with zero attached hydrogens (tertiary/aromatic N) is 1. The summed E-state index contributed by atoms with van der Waals surface area (Å²) in [5.41, 5.74) is 4.93. The van der Waals surface area contributed by atoms with E-state index < -0.39 is 0 Å². The molecule has 1 heterocycles. The number of esters is 1. The molecule has 0 bridgehead atoms. The van der Waals surface area contributed by atoms with Gasteiger partial charge in [0, 0.05) is 29.9 Å². The molecule has 0 atom stereocenters. The summed E-state index contributed by atoms with van der Waals surface area (Å²) in [6.07, 6.45) is 3.45. The van der Waals surface area contributed by atoms with Gasteiger partial charge in [-0.2, -0.15) is 0 Å². The van der Waals surface area contributed by atoms with Gasteiger partial charge in [-0.05, 0) is 43.0 Å². The van der Waals surface area contributed by atoms with Gasteiger partial charge in [-0.15, -0.1) is 0 Å². The normalized spacial score (nSPS) is 13.7. The maximum absolute atomic E-state index is 12.1. The molecule has 0 amide bonds. The van der Waals surface area contributed by atoms with Crippen LogP contribution in [0.3, 0.4) is 0 Å². The Morgan fingerprint density at radius 2 is 1.96 bits per heavy atom. The van der Waals surface area contributed by atoms with Crippen LogP contribution < -0.4 is 0 Å². The molecule has 0 fully saturated rings. The van der Waals surface area contributed by atoms with Crippen LogP contribution in [-0.2, 0) is 24.1 Å². The average molecular weight is 311 g/mol. The van der Waals surface area contributed by atoms with Crippen molar-refractivity contribution in [2.75, 3.05) is 7.11 Å². The number of carbonyl (C=O) groups is 2. The molecule has 1 aromatic heterocycles. The molecule has 0 spiro atoms. The zero-order valence-electron chi connectivity index (χ0n) is 13.6.